The summed E-state index contributed by atoms with van der Waals surface area (Å²) < 4.78 is 0. The molecule has 18 heavy (non-hydrogen) atoms. The lowest BCUT2D eigenvalue weighted by molar-refractivity contribution is -0.143. The minimum Gasteiger partial charge on any atom is -0.480 e. The molecule has 0 radical (unpaired) electrons. The molecule has 3 nitrogen and oxygen atoms in total. The second kappa shape index (κ2) is 5.42. The summed E-state index contributed by atoms with van der Waals surface area (Å²) in [5.74, 6) is -0.0315. The van der Waals surface area contributed by atoms with E-state index in [0.717, 1.165) is 37.8 Å². The summed E-state index contributed by atoms with van der Waals surface area (Å²) in [6.07, 6.45) is 4.60. The Morgan fingerprint density at radius 3 is 2.44 bits per heavy atom. The summed E-state index contributed by atoms with van der Waals surface area (Å²) in [6, 6.07) is 9.64. The molecule has 1 aliphatic carbocycles. The van der Waals surface area contributed by atoms with Gasteiger partial charge >= 0.3 is 5.97 Å². The standard InChI is InChI=1S/C15H21NO2/c1-2-12-8-10-15(11-9-12,14(17)18)16-13-6-4-3-5-7-13/h3-7,12,16H,2,8-11H2,1H3,(H,17,18). The molecule has 2 N–H and O–H groups in total. The van der Waals surface area contributed by atoms with Crippen LogP contribution in [0.3, 0.4) is 0 Å². The number of para-hydroxylation sites is 1. The Balaban J connectivity index is 2.12. The molecule has 1 saturated carbocycles. The van der Waals surface area contributed by atoms with E-state index in [1.54, 1.807) is 0 Å². The minimum atomic E-state index is -0.771. The fourth-order valence-corrected chi connectivity index (χ4v) is 2.77. The number of anilines is 1. The van der Waals surface area contributed by atoms with Crippen LogP contribution >= 0.6 is 0 Å². The molecule has 0 amide bonds. The number of aliphatic carboxylic acids is 1. The molecule has 0 saturated heterocycles. The van der Waals surface area contributed by atoms with Crippen molar-refractivity contribution in [3.05, 3.63) is 30.3 Å². The summed E-state index contributed by atoms with van der Waals surface area (Å²) in [4.78, 5) is 11.6. The second-order valence-electron chi connectivity index (χ2n) is 5.23. The highest BCUT2D eigenvalue weighted by Crippen LogP contribution is 2.36. The van der Waals surface area contributed by atoms with Gasteiger partial charge in [-0.3, -0.25) is 0 Å². The number of benzene rings is 1. The fraction of sp³-hybridized carbons (Fsp3) is 0.533. The SMILES string of the molecule is CCC1CCC(Nc2ccccc2)(C(=O)O)CC1. The second-order valence-corrected chi connectivity index (χ2v) is 5.23. The van der Waals surface area contributed by atoms with E-state index in [0.29, 0.717) is 5.92 Å². The average Bonchev–Trinajstić information content (AvgIpc) is 2.40. The highest BCUT2D eigenvalue weighted by Gasteiger charge is 2.41. The molecule has 0 atom stereocenters. The smallest absolute Gasteiger partial charge is 0.329 e. The van der Waals surface area contributed by atoms with E-state index in [2.05, 4.69) is 12.2 Å². The van der Waals surface area contributed by atoms with Crippen molar-refractivity contribution in [1.29, 1.82) is 0 Å². The lowest BCUT2D eigenvalue weighted by Crippen LogP contribution is -2.49. The van der Waals surface area contributed by atoms with Crippen molar-refractivity contribution >= 4 is 11.7 Å². The van der Waals surface area contributed by atoms with Crippen molar-refractivity contribution in [3.63, 3.8) is 0 Å². The van der Waals surface area contributed by atoms with Crippen LogP contribution in [0.5, 0.6) is 0 Å². The van der Waals surface area contributed by atoms with Gasteiger partial charge in [-0.1, -0.05) is 31.5 Å². The molecule has 0 spiro atoms. The molecule has 3 heteroatoms. The number of carboxylic acids is 1. The molecule has 0 aromatic heterocycles. The van der Waals surface area contributed by atoms with Crippen molar-refractivity contribution in [1.82, 2.24) is 0 Å². The molecule has 0 unspecified atom stereocenters. The maximum atomic E-state index is 11.6. The van der Waals surface area contributed by atoms with Gasteiger partial charge in [-0.05, 0) is 43.7 Å². The van der Waals surface area contributed by atoms with Crippen molar-refractivity contribution in [3.8, 4) is 0 Å². The Morgan fingerprint density at radius 2 is 1.94 bits per heavy atom. The molecule has 1 aromatic carbocycles. The van der Waals surface area contributed by atoms with Gasteiger partial charge in [-0.25, -0.2) is 4.79 Å². The van der Waals surface area contributed by atoms with Gasteiger partial charge in [0.15, 0.2) is 0 Å². The maximum Gasteiger partial charge on any atom is 0.329 e. The Bertz CT molecular complexity index is 394. The molecule has 0 aliphatic heterocycles. The summed E-state index contributed by atoms with van der Waals surface area (Å²) >= 11 is 0. The lowest BCUT2D eigenvalue weighted by Gasteiger charge is -2.38. The molecular weight excluding hydrogens is 226 g/mol. The van der Waals surface area contributed by atoms with Crippen molar-refractivity contribution in [2.75, 3.05) is 5.32 Å². The van der Waals surface area contributed by atoms with E-state index in [9.17, 15) is 9.90 Å². The Labute approximate surface area is 108 Å². The van der Waals surface area contributed by atoms with Crippen LogP contribution in [0.15, 0.2) is 30.3 Å². The third-order valence-corrected chi connectivity index (χ3v) is 4.10. The molecular formula is C15H21NO2. The zero-order valence-electron chi connectivity index (χ0n) is 10.9. The molecule has 0 bridgehead atoms. The number of carboxylic acid groups (broad SMARTS) is 1. The third kappa shape index (κ3) is 2.66. The first kappa shape index (κ1) is 12.9. The van der Waals surface area contributed by atoms with Crippen molar-refractivity contribution in [2.24, 2.45) is 5.92 Å². The van der Waals surface area contributed by atoms with E-state index in [-0.39, 0.29) is 0 Å². The van der Waals surface area contributed by atoms with Gasteiger partial charge in [0.1, 0.15) is 5.54 Å². The summed E-state index contributed by atoms with van der Waals surface area (Å²) in [7, 11) is 0. The van der Waals surface area contributed by atoms with E-state index >= 15 is 0 Å². The van der Waals surface area contributed by atoms with E-state index in [1.165, 1.54) is 0 Å². The molecule has 1 fully saturated rings. The molecule has 2 rings (SSSR count). The number of nitrogens with one attached hydrogen (secondary N) is 1. The van der Waals surface area contributed by atoms with Gasteiger partial charge in [0.05, 0.1) is 0 Å². The van der Waals surface area contributed by atoms with Gasteiger partial charge in [-0.15, -0.1) is 0 Å². The van der Waals surface area contributed by atoms with Gasteiger partial charge < -0.3 is 10.4 Å². The van der Waals surface area contributed by atoms with Crippen LogP contribution in [0, 0.1) is 5.92 Å². The summed E-state index contributed by atoms with van der Waals surface area (Å²) in [6.45, 7) is 2.18. The van der Waals surface area contributed by atoms with Crippen LogP contribution in [0.4, 0.5) is 5.69 Å². The van der Waals surface area contributed by atoms with Crippen molar-refractivity contribution in [2.45, 2.75) is 44.6 Å². The van der Waals surface area contributed by atoms with Crippen LogP contribution in [0.1, 0.15) is 39.0 Å². The van der Waals surface area contributed by atoms with Crippen LogP contribution in [-0.2, 0) is 4.79 Å². The molecule has 1 aromatic rings. The fourth-order valence-electron chi connectivity index (χ4n) is 2.77. The molecule has 0 heterocycles. The summed E-state index contributed by atoms with van der Waals surface area (Å²) in [5, 5.41) is 12.8. The largest absolute Gasteiger partial charge is 0.480 e. The van der Waals surface area contributed by atoms with Crippen LogP contribution in [-0.4, -0.2) is 16.6 Å². The molecule has 1 aliphatic rings. The van der Waals surface area contributed by atoms with Gasteiger partial charge in [-0.2, -0.15) is 0 Å². The topological polar surface area (TPSA) is 49.3 Å². The predicted molar refractivity (Wildman–Crippen MR) is 72.7 cm³/mol. The first-order valence-corrected chi connectivity index (χ1v) is 6.73. The predicted octanol–water partition coefficient (Wildman–Crippen LogP) is 3.52. The highest BCUT2D eigenvalue weighted by molar-refractivity contribution is 5.83. The van der Waals surface area contributed by atoms with Crippen LogP contribution in [0.2, 0.25) is 0 Å². The van der Waals surface area contributed by atoms with Crippen LogP contribution in [0.25, 0.3) is 0 Å². The number of carbonyl (C=O) groups is 1. The highest BCUT2D eigenvalue weighted by atomic mass is 16.4. The average molecular weight is 247 g/mol. The monoisotopic (exact) mass is 247 g/mol. The van der Waals surface area contributed by atoms with Crippen molar-refractivity contribution < 1.29 is 9.90 Å². The van der Waals surface area contributed by atoms with E-state index in [4.69, 9.17) is 0 Å². The van der Waals surface area contributed by atoms with Gasteiger partial charge in [0.2, 0.25) is 0 Å². The normalized spacial score (nSPS) is 27.7. The van der Waals surface area contributed by atoms with E-state index < -0.39 is 11.5 Å². The lowest BCUT2D eigenvalue weighted by atomic mass is 9.75. The zero-order valence-corrected chi connectivity index (χ0v) is 10.9. The minimum absolute atomic E-state index is 0.690. The van der Waals surface area contributed by atoms with Gasteiger partial charge in [0, 0.05) is 5.69 Å². The van der Waals surface area contributed by atoms with Crippen LogP contribution < -0.4 is 5.32 Å². The number of hydrogen-bond acceptors (Lipinski definition) is 2. The Kier molecular flexibility index (Phi) is 3.90. The summed E-state index contributed by atoms with van der Waals surface area (Å²) in [5.41, 5.74) is 0.127. The maximum absolute atomic E-state index is 11.6. The Hall–Kier alpha value is -1.51. The number of rotatable bonds is 4. The third-order valence-electron chi connectivity index (χ3n) is 4.10. The Morgan fingerprint density at radius 1 is 1.33 bits per heavy atom. The first-order chi connectivity index (χ1) is 8.66. The quantitative estimate of drug-likeness (QED) is 0.855. The zero-order chi connectivity index (χ0) is 13.0. The first-order valence-electron chi connectivity index (χ1n) is 6.73. The molecule has 98 valence electrons. The van der Waals surface area contributed by atoms with Gasteiger partial charge in [0.25, 0.3) is 0 Å². The number of hydrogen-bond donors (Lipinski definition) is 2. The van der Waals surface area contributed by atoms with E-state index in [1.807, 2.05) is 30.3 Å².